The van der Waals surface area contributed by atoms with E-state index < -0.39 is 16.6 Å². The van der Waals surface area contributed by atoms with Crippen LogP contribution in [0.2, 0.25) is 39.3 Å². The lowest BCUT2D eigenvalue weighted by atomic mass is 10.1. The van der Waals surface area contributed by atoms with Crippen molar-refractivity contribution in [3.8, 4) is 0 Å². The summed E-state index contributed by atoms with van der Waals surface area (Å²) in [6.45, 7) is 17.8. The second kappa shape index (κ2) is 5.80. The minimum absolute atomic E-state index is 0.316. The Bertz CT molecular complexity index is 188. The maximum atomic E-state index is 6.34. The second-order valence-electron chi connectivity index (χ2n) is 6.44. The van der Waals surface area contributed by atoms with Gasteiger partial charge in [-0.05, 0) is 52.1 Å². The first kappa shape index (κ1) is 16.4. The molecule has 0 aromatic carbocycles. The van der Waals surface area contributed by atoms with Crippen molar-refractivity contribution in [1.29, 1.82) is 0 Å². The van der Waals surface area contributed by atoms with Crippen LogP contribution >= 0.6 is 0 Å². The van der Waals surface area contributed by atoms with Gasteiger partial charge in [-0.3, -0.25) is 0 Å². The third-order valence-electron chi connectivity index (χ3n) is 2.15. The predicted molar refractivity (Wildman–Crippen MR) is 76.8 cm³/mol. The monoisotopic (exact) mass is 262 g/mol. The van der Waals surface area contributed by atoms with Gasteiger partial charge in [0.25, 0.3) is 0 Å². The molecule has 0 fully saturated rings. The van der Waals surface area contributed by atoms with E-state index >= 15 is 0 Å². The molecule has 0 amide bonds. The maximum absolute atomic E-state index is 6.34. The van der Waals surface area contributed by atoms with Crippen LogP contribution in [0.3, 0.4) is 0 Å². The first-order chi connectivity index (χ1) is 7.04. The van der Waals surface area contributed by atoms with Crippen LogP contribution in [0.25, 0.3) is 0 Å². The Morgan fingerprint density at radius 1 is 0.812 bits per heavy atom. The molecular weight excluding hydrogens is 232 g/mol. The van der Waals surface area contributed by atoms with Crippen molar-refractivity contribution in [1.82, 2.24) is 0 Å². The summed E-state index contributed by atoms with van der Waals surface area (Å²) in [5.74, 6) is -0.316. The summed E-state index contributed by atoms with van der Waals surface area (Å²) in [6, 6.07) is 0. The summed E-state index contributed by atoms with van der Waals surface area (Å²) in [4.78, 5) is 0. The zero-order chi connectivity index (χ0) is 13.0. The van der Waals surface area contributed by atoms with Gasteiger partial charge < -0.3 is 8.85 Å². The smallest absolute Gasteiger partial charge is 0.187 e. The van der Waals surface area contributed by atoms with Crippen molar-refractivity contribution in [3.05, 3.63) is 0 Å². The molecule has 0 radical (unpaired) electrons. The Hall–Kier alpha value is 0.354. The van der Waals surface area contributed by atoms with Crippen molar-refractivity contribution in [2.24, 2.45) is 0 Å². The van der Waals surface area contributed by atoms with Gasteiger partial charge in [0.1, 0.15) is 5.79 Å². The Morgan fingerprint density at radius 2 is 1.19 bits per heavy atom. The average molecular weight is 263 g/mol. The summed E-state index contributed by atoms with van der Waals surface area (Å²) in [7, 11) is -3.11. The molecule has 0 atom stereocenters. The van der Waals surface area contributed by atoms with Crippen LogP contribution in [0.15, 0.2) is 0 Å². The molecule has 0 heterocycles. The maximum Gasteiger partial charge on any atom is 0.187 e. The Morgan fingerprint density at radius 3 is 1.38 bits per heavy atom. The molecule has 0 bridgehead atoms. The molecule has 0 aromatic heterocycles. The van der Waals surface area contributed by atoms with E-state index in [1.54, 1.807) is 0 Å². The zero-order valence-electron chi connectivity index (χ0n) is 12.4. The second-order valence-corrected chi connectivity index (χ2v) is 15.3. The number of rotatable bonds is 7. The van der Waals surface area contributed by atoms with Gasteiger partial charge in [-0.1, -0.05) is 20.3 Å². The van der Waals surface area contributed by atoms with Crippen LogP contribution in [-0.4, -0.2) is 22.4 Å². The fourth-order valence-electron chi connectivity index (χ4n) is 1.94. The van der Waals surface area contributed by atoms with Crippen molar-refractivity contribution in [2.75, 3.05) is 0 Å². The fraction of sp³-hybridized carbons (Fsp3) is 1.00. The minimum atomic E-state index is -1.55. The van der Waals surface area contributed by atoms with E-state index in [9.17, 15) is 0 Å². The summed E-state index contributed by atoms with van der Waals surface area (Å²) in [5, 5.41) is 0. The van der Waals surface area contributed by atoms with Gasteiger partial charge in [0, 0.05) is 0 Å². The molecule has 0 saturated carbocycles. The Labute approximate surface area is 104 Å². The lowest BCUT2D eigenvalue weighted by molar-refractivity contribution is -0.135. The highest BCUT2D eigenvalue weighted by molar-refractivity contribution is 6.71. The number of hydrogen-bond donors (Lipinski definition) is 0. The van der Waals surface area contributed by atoms with Gasteiger partial charge in [0.2, 0.25) is 0 Å². The molecule has 0 saturated heterocycles. The molecule has 2 nitrogen and oxygen atoms in total. The van der Waals surface area contributed by atoms with Gasteiger partial charge in [-0.15, -0.1) is 0 Å². The predicted octanol–water partition coefficient (Wildman–Crippen LogP) is 4.60. The largest absolute Gasteiger partial charge is 0.391 e. The molecule has 4 heteroatoms. The summed E-state index contributed by atoms with van der Waals surface area (Å²) in [6.07, 6.45) is 3.08. The van der Waals surface area contributed by atoms with Crippen LogP contribution in [-0.2, 0) is 8.85 Å². The molecule has 0 rings (SSSR count). The highest BCUT2D eigenvalue weighted by Gasteiger charge is 2.38. The van der Waals surface area contributed by atoms with E-state index in [-0.39, 0.29) is 5.79 Å². The SMILES string of the molecule is CCCC(CC)(O[Si](C)(C)C)O[Si](C)(C)C. The molecule has 0 aliphatic rings. The summed E-state index contributed by atoms with van der Waals surface area (Å²) >= 11 is 0. The molecule has 0 N–H and O–H groups in total. The zero-order valence-corrected chi connectivity index (χ0v) is 14.4. The lowest BCUT2D eigenvalue weighted by Gasteiger charge is -2.42. The van der Waals surface area contributed by atoms with Crippen LogP contribution in [0.5, 0.6) is 0 Å². The molecule has 98 valence electrons. The normalized spacial score (nSPS) is 14.2. The molecule has 16 heavy (non-hydrogen) atoms. The molecular formula is C12H30O2Si2. The van der Waals surface area contributed by atoms with Crippen LogP contribution in [0.1, 0.15) is 33.1 Å². The van der Waals surface area contributed by atoms with E-state index in [0.717, 1.165) is 19.3 Å². The molecule has 0 aliphatic carbocycles. The quantitative estimate of drug-likeness (QED) is 0.493. The van der Waals surface area contributed by atoms with E-state index in [1.807, 2.05) is 0 Å². The van der Waals surface area contributed by atoms with E-state index in [1.165, 1.54) is 0 Å². The summed E-state index contributed by atoms with van der Waals surface area (Å²) in [5.41, 5.74) is 0. The highest BCUT2D eigenvalue weighted by Crippen LogP contribution is 2.31. The van der Waals surface area contributed by atoms with Gasteiger partial charge in [-0.25, -0.2) is 0 Å². The standard InChI is InChI=1S/C12H30O2Si2/c1-9-11-12(10-2,13-15(3,4)5)14-16(6,7)8/h9-11H2,1-8H3. The Balaban J connectivity index is 4.85. The van der Waals surface area contributed by atoms with Gasteiger partial charge in [0.15, 0.2) is 16.6 Å². The van der Waals surface area contributed by atoms with Crippen molar-refractivity contribution >= 4 is 16.6 Å². The van der Waals surface area contributed by atoms with Gasteiger partial charge >= 0.3 is 0 Å². The number of hydrogen-bond acceptors (Lipinski definition) is 2. The highest BCUT2D eigenvalue weighted by atomic mass is 28.4. The van der Waals surface area contributed by atoms with Crippen LogP contribution in [0.4, 0.5) is 0 Å². The lowest BCUT2D eigenvalue weighted by Crippen LogP contribution is -2.49. The third kappa shape index (κ3) is 6.83. The fourth-order valence-corrected chi connectivity index (χ4v) is 4.83. The Kier molecular flexibility index (Phi) is 5.93. The van der Waals surface area contributed by atoms with Crippen molar-refractivity contribution < 1.29 is 8.85 Å². The minimum Gasteiger partial charge on any atom is -0.391 e. The van der Waals surface area contributed by atoms with Gasteiger partial charge in [-0.2, -0.15) is 0 Å². The first-order valence-corrected chi connectivity index (χ1v) is 13.3. The topological polar surface area (TPSA) is 18.5 Å². The first-order valence-electron chi connectivity index (χ1n) is 6.44. The van der Waals surface area contributed by atoms with Crippen LogP contribution < -0.4 is 0 Å². The van der Waals surface area contributed by atoms with E-state index in [0.29, 0.717) is 0 Å². The van der Waals surface area contributed by atoms with Crippen LogP contribution in [0, 0.1) is 0 Å². The third-order valence-corrected chi connectivity index (χ3v) is 4.12. The molecule has 0 unspecified atom stereocenters. The van der Waals surface area contributed by atoms with Gasteiger partial charge in [0.05, 0.1) is 0 Å². The average Bonchev–Trinajstić information content (AvgIpc) is 1.98. The molecule has 0 spiro atoms. The van der Waals surface area contributed by atoms with Crippen molar-refractivity contribution in [2.45, 2.75) is 78.2 Å². The van der Waals surface area contributed by atoms with E-state index in [4.69, 9.17) is 8.85 Å². The van der Waals surface area contributed by atoms with Crippen molar-refractivity contribution in [3.63, 3.8) is 0 Å². The molecule has 0 aromatic rings. The van der Waals surface area contributed by atoms with E-state index in [2.05, 4.69) is 53.1 Å². The molecule has 0 aliphatic heterocycles. The summed E-state index contributed by atoms with van der Waals surface area (Å²) < 4.78 is 12.7.